The van der Waals surface area contributed by atoms with E-state index in [1.807, 2.05) is 0 Å². The van der Waals surface area contributed by atoms with E-state index in [4.69, 9.17) is 11.6 Å². The van der Waals surface area contributed by atoms with Gasteiger partial charge in [-0.3, -0.25) is 4.79 Å². The van der Waals surface area contributed by atoms with Gasteiger partial charge in [0.25, 0.3) is 0 Å². The smallest absolute Gasteiger partial charge is 0.167 e. The minimum atomic E-state index is -0.526. The maximum Gasteiger partial charge on any atom is 0.167 e. The Morgan fingerprint density at radius 3 is 2.69 bits per heavy atom. The van der Waals surface area contributed by atoms with Crippen LogP contribution in [0.2, 0.25) is 5.02 Å². The molecule has 0 aliphatic heterocycles. The van der Waals surface area contributed by atoms with Crippen LogP contribution in [0.25, 0.3) is 0 Å². The van der Waals surface area contributed by atoms with Crippen LogP contribution in [0.3, 0.4) is 0 Å². The van der Waals surface area contributed by atoms with Crippen molar-refractivity contribution in [3.05, 3.63) is 34.6 Å². The Morgan fingerprint density at radius 1 is 1.44 bits per heavy atom. The highest BCUT2D eigenvalue weighted by Crippen LogP contribution is 2.21. The first-order valence-corrected chi connectivity index (χ1v) is 5.87. The molecular weight excluding hydrogens is 227 g/mol. The van der Waals surface area contributed by atoms with Crippen molar-refractivity contribution in [1.29, 1.82) is 0 Å². The van der Waals surface area contributed by atoms with Gasteiger partial charge in [-0.15, -0.1) is 0 Å². The first-order chi connectivity index (χ1) is 7.52. The van der Waals surface area contributed by atoms with Crippen LogP contribution in [0.5, 0.6) is 0 Å². The number of hydrogen-bond donors (Lipinski definition) is 0. The van der Waals surface area contributed by atoms with Crippen molar-refractivity contribution in [3.8, 4) is 0 Å². The SMILES string of the molecule is CC(C)CCCC(=O)c1c(F)cccc1Cl. The average Bonchev–Trinajstić information content (AvgIpc) is 2.16. The summed E-state index contributed by atoms with van der Waals surface area (Å²) in [4.78, 5) is 11.7. The predicted molar refractivity (Wildman–Crippen MR) is 64.4 cm³/mol. The Balaban J connectivity index is 2.66. The quantitative estimate of drug-likeness (QED) is 0.696. The van der Waals surface area contributed by atoms with Crippen LogP contribution in [0.15, 0.2) is 18.2 Å². The minimum absolute atomic E-state index is 0.0351. The Bertz CT molecular complexity index is 354. The summed E-state index contributed by atoms with van der Waals surface area (Å²) in [5, 5.41) is 0.203. The summed E-state index contributed by atoms with van der Waals surface area (Å²) in [5.41, 5.74) is 0.0351. The fraction of sp³-hybridized carbons (Fsp3) is 0.462. The molecule has 0 spiro atoms. The molecule has 0 radical (unpaired) electrons. The van der Waals surface area contributed by atoms with Gasteiger partial charge in [-0.25, -0.2) is 4.39 Å². The normalized spacial score (nSPS) is 10.8. The summed E-state index contributed by atoms with van der Waals surface area (Å²) < 4.78 is 13.4. The molecule has 0 saturated heterocycles. The maximum absolute atomic E-state index is 13.4. The van der Waals surface area contributed by atoms with E-state index in [0.717, 1.165) is 12.8 Å². The van der Waals surface area contributed by atoms with Crippen molar-refractivity contribution >= 4 is 17.4 Å². The first kappa shape index (κ1) is 13.2. The van der Waals surface area contributed by atoms with E-state index in [-0.39, 0.29) is 16.4 Å². The van der Waals surface area contributed by atoms with E-state index in [1.54, 1.807) is 6.07 Å². The molecule has 1 aromatic rings. The number of carbonyl (C=O) groups excluding carboxylic acids is 1. The monoisotopic (exact) mass is 242 g/mol. The molecule has 1 aromatic carbocycles. The second-order valence-corrected chi connectivity index (χ2v) is 4.71. The number of ketones is 1. The van der Waals surface area contributed by atoms with Gasteiger partial charge >= 0.3 is 0 Å². The largest absolute Gasteiger partial charge is 0.294 e. The van der Waals surface area contributed by atoms with Gasteiger partial charge < -0.3 is 0 Å². The van der Waals surface area contributed by atoms with Gasteiger partial charge in [0.15, 0.2) is 5.78 Å². The molecule has 16 heavy (non-hydrogen) atoms. The van der Waals surface area contributed by atoms with Crippen molar-refractivity contribution in [2.75, 3.05) is 0 Å². The molecule has 0 N–H and O–H groups in total. The Hall–Kier alpha value is -0.890. The lowest BCUT2D eigenvalue weighted by molar-refractivity contribution is 0.0974. The summed E-state index contributed by atoms with van der Waals surface area (Å²) in [5.74, 6) is -0.172. The predicted octanol–water partition coefficient (Wildman–Crippen LogP) is 4.49. The van der Waals surface area contributed by atoms with E-state index in [0.29, 0.717) is 12.3 Å². The molecular formula is C13H16ClFO. The summed E-state index contributed by atoms with van der Waals surface area (Å²) in [6, 6.07) is 4.31. The minimum Gasteiger partial charge on any atom is -0.294 e. The molecule has 3 heteroatoms. The molecule has 0 saturated carbocycles. The second kappa shape index (κ2) is 6.00. The number of rotatable bonds is 5. The molecule has 88 valence electrons. The summed E-state index contributed by atoms with van der Waals surface area (Å²) in [6.45, 7) is 4.20. The zero-order chi connectivity index (χ0) is 12.1. The lowest BCUT2D eigenvalue weighted by atomic mass is 10.0. The zero-order valence-corrected chi connectivity index (χ0v) is 10.4. The molecule has 0 aliphatic rings. The number of benzene rings is 1. The Morgan fingerprint density at radius 2 is 2.12 bits per heavy atom. The molecule has 0 unspecified atom stereocenters. The van der Waals surface area contributed by atoms with Crippen LogP contribution in [0, 0.1) is 11.7 Å². The van der Waals surface area contributed by atoms with Gasteiger partial charge in [0.1, 0.15) is 5.82 Å². The van der Waals surface area contributed by atoms with Gasteiger partial charge in [-0.1, -0.05) is 37.9 Å². The highest BCUT2D eigenvalue weighted by molar-refractivity contribution is 6.34. The second-order valence-electron chi connectivity index (χ2n) is 4.31. The number of Topliss-reactive ketones (excluding diaryl/α,β-unsaturated/α-hetero) is 1. The number of carbonyl (C=O) groups is 1. The molecule has 0 fully saturated rings. The van der Waals surface area contributed by atoms with Crippen LogP contribution in [0.1, 0.15) is 43.5 Å². The molecule has 1 rings (SSSR count). The molecule has 0 bridgehead atoms. The van der Waals surface area contributed by atoms with Crippen molar-refractivity contribution in [1.82, 2.24) is 0 Å². The molecule has 0 heterocycles. The average molecular weight is 243 g/mol. The fourth-order valence-corrected chi connectivity index (χ4v) is 1.83. The highest BCUT2D eigenvalue weighted by Gasteiger charge is 2.15. The van der Waals surface area contributed by atoms with Crippen LogP contribution in [-0.4, -0.2) is 5.78 Å². The van der Waals surface area contributed by atoms with Crippen molar-refractivity contribution in [3.63, 3.8) is 0 Å². The first-order valence-electron chi connectivity index (χ1n) is 5.49. The van der Waals surface area contributed by atoms with Crippen LogP contribution in [0.4, 0.5) is 4.39 Å². The van der Waals surface area contributed by atoms with Gasteiger partial charge in [0, 0.05) is 6.42 Å². The maximum atomic E-state index is 13.4. The molecule has 0 aromatic heterocycles. The van der Waals surface area contributed by atoms with Crippen LogP contribution < -0.4 is 0 Å². The molecule has 0 aliphatic carbocycles. The van der Waals surface area contributed by atoms with Gasteiger partial charge in [-0.2, -0.15) is 0 Å². The van der Waals surface area contributed by atoms with Gasteiger partial charge in [0.05, 0.1) is 10.6 Å². The number of hydrogen-bond acceptors (Lipinski definition) is 1. The Kier molecular flexibility index (Phi) is 4.94. The fourth-order valence-electron chi connectivity index (χ4n) is 1.56. The summed E-state index contributed by atoms with van der Waals surface area (Å²) in [7, 11) is 0. The van der Waals surface area contributed by atoms with Crippen LogP contribution in [-0.2, 0) is 0 Å². The highest BCUT2D eigenvalue weighted by atomic mass is 35.5. The van der Waals surface area contributed by atoms with Crippen LogP contribution >= 0.6 is 11.6 Å². The number of halogens is 2. The summed E-state index contributed by atoms with van der Waals surface area (Å²) >= 11 is 5.81. The topological polar surface area (TPSA) is 17.1 Å². The molecule has 0 atom stereocenters. The third-order valence-corrected chi connectivity index (χ3v) is 2.74. The van der Waals surface area contributed by atoms with Crippen molar-refractivity contribution in [2.24, 2.45) is 5.92 Å². The van der Waals surface area contributed by atoms with Gasteiger partial charge in [0.2, 0.25) is 0 Å². The zero-order valence-electron chi connectivity index (χ0n) is 9.59. The third-order valence-electron chi connectivity index (χ3n) is 2.43. The lowest BCUT2D eigenvalue weighted by Crippen LogP contribution is -2.04. The lowest BCUT2D eigenvalue weighted by Gasteiger charge is -2.06. The van der Waals surface area contributed by atoms with Crippen molar-refractivity contribution < 1.29 is 9.18 Å². The summed E-state index contributed by atoms with van der Waals surface area (Å²) in [6.07, 6.45) is 2.11. The van der Waals surface area contributed by atoms with E-state index in [9.17, 15) is 9.18 Å². The van der Waals surface area contributed by atoms with E-state index in [1.165, 1.54) is 12.1 Å². The Labute approximate surface area is 101 Å². The van der Waals surface area contributed by atoms with Gasteiger partial charge in [-0.05, 0) is 24.5 Å². The molecule has 1 nitrogen and oxygen atoms in total. The van der Waals surface area contributed by atoms with Crippen molar-refractivity contribution in [2.45, 2.75) is 33.1 Å². The van der Waals surface area contributed by atoms with E-state index < -0.39 is 5.82 Å². The standard InChI is InChI=1S/C13H16ClFO/c1-9(2)5-3-8-12(16)13-10(14)6-4-7-11(13)15/h4,6-7,9H,3,5,8H2,1-2H3. The van der Waals surface area contributed by atoms with E-state index in [2.05, 4.69) is 13.8 Å². The van der Waals surface area contributed by atoms with E-state index >= 15 is 0 Å². The third kappa shape index (κ3) is 3.60. The molecule has 0 amide bonds.